The molecule has 0 bridgehead atoms. The third-order valence-corrected chi connectivity index (χ3v) is 3.53. The second-order valence-corrected chi connectivity index (χ2v) is 4.97. The zero-order valence-electron chi connectivity index (χ0n) is 10.7. The van der Waals surface area contributed by atoms with Crippen LogP contribution in [0, 0.1) is 0 Å². The van der Waals surface area contributed by atoms with Crippen LogP contribution >= 0.6 is 0 Å². The Balaban J connectivity index is 1.61. The SMILES string of the molecule is O=C(Nc1ccc2ocnc2c1)NC1CCCCC1. The van der Waals surface area contributed by atoms with Crippen LogP contribution in [0.3, 0.4) is 0 Å². The smallest absolute Gasteiger partial charge is 0.319 e. The Morgan fingerprint density at radius 1 is 1.26 bits per heavy atom. The molecule has 0 spiro atoms. The lowest BCUT2D eigenvalue weighted by atomic mass is 9.96. The van der Waals surface area contributed by atoms with Gasteiger partial charge in [0, 0.05) is 11.7 Å². The maximum Gasteiger partial charge on any atom is 0.319 e. The average Bonchev–Trinajstić information content (AvgIpc) is 2.87. The van der Waals surface area contributed by atoms with Crippen LogP contribution in [0.2, 0.25) is 0 Å². The summed E-state index contributed by atoms with van der Waals surface area (Å²) in [5.74, 6) is 0. The standard InChI is InChI=1S/C14H17N3O2/c18-14(16-10-4-2-1-3-5-10)17-11-6-7-13-12(8-11)15-9-19-13/h6-10H,1-5H2,(H2,16,17,18). The zero-order chi connectivity index (χ0) is 13.1. The van der Waals surface area contributed by atoms with Crippen molar-refractivity contribution in [1.82, 2.24) is 10.3 Å². The van der Waals surface area contributed by atoms with Crippen molar-refractivity contribution in [3.05, 3.63) is 24.6 Å². The normalized spacial score (nSPS) is 16.4. The van der Waals surface area contributed by atoms with Crippen LogP contribution in [0.15, 0.2) is 29.0 Å². The van der Waals surface area contributed by atoms with Gasteiger partial charge in [-0.25, -0.2) is 9.78 Å². The van der Waals surface area contributed by atoms with Crippen molar-refractivity contribution in [2.75, 3.05) is 5.32 Å². The number of fused-ring (bicyclic) bond motifs is 1. The molecule has 2 aromatic rings. The number of oxazole rings is 1. The third kappa shape index (κ3) is 2.86. The molecule has 0 atom stereocenters. The molecule has 0 unspecified atom stereocenters. The predicted octanol–water partition coefficient (Wildman–Crippen LogP) is 3.28. The number of carbonyl (C=O) groups is 1. The highest BCUT2D eigenvalue weighted by atomic mass is 16.3. The summed E-state index contributed by atoms with van der Waals surface area (Å²) in [6, 6.07) is 5.59. The molecule has 1 aliphatic carbocycles. The highest BCUT2D eigenvalue weighted by molar-refractivity contribution is 5.91. The van der Waals surface area contributed by atoms with Crippen LogP contribution in [0.4, 0.5) is 10.5 Å². The van der Waals surface area contributed by atoms with Gasteiger partial charge in [-0.3, -0.25) is 0 Å². The molecule has 1 heterocycles. The fraction of sp³-hybridized carbons (Fsp3) is 0.429. The van der Waals surface area contributed by atoms with E-state index in [0.717, 1.165) is 29.6 Å². The molecule has 2 N–H and O–H groups in total. The van der Waals surface area contributed by atoms with E-state index in [1.54, 1.807) is 12.1 Å². The van der Waals surface area contributed by atoms with Crippen molar-refractivity contribution in [3.8, 4) is 0 Å². The number of anilines is 1. The highest BCUT2D eigenvalue weighted by Crippen LogP contribution is 2.19. The monoisotopic (exact) mass is 259 g/mol. The molecule has 3 rings (SSSR count). The maximum atomic E-state index is 11.9. The van der Waals surface area contributed by atoms with Gasteiger partial charge in [0.05, 0.1) is 0 Å². The number of hydrogen-bond acceptors (Lipinski definition) is 3. The summed E-state index contributed by atoms with van der Waals surface area (Å²) in [6.45, 7) is 0. The molecule has 1 aliphatic rings. The quantitative estimate of drug-likeness (QED) is 0.869. The molecule has 1 aromatic carbocycles. The van der Waals surface area contributed by atoms with Gasteiger partial charge in [-0.15, -0.1) is 0 Å². The van der Waals surface area contributed by atoms with E-state index in [1.165, 1.54) is 25.7 Å². The molecule has 1 aromatic heterocycles. The van der Waals surface area contributed by atoms with Crippen LogP contribution in [0.1, 0.15) is 32.1 Å². The summed E-state index contributed by atoms with van der Waals surface area (Å²) in [6.07, 6.45) is 7.25. The van der Waals surface area contributed by atoms with Gasteiger partial charge in [0.1, 0.15) is 5.52 Å². The van der Waals surface area contributed by atoms with Gasteiger partial charge in [-0.1, -0.05) is 19.3 Å². The molecule has 1 fully saturated rings. The summed E-state index contributed by atoms with van der Waals surface area (Å²) in [5, 5.41) is 5.85. The van der Waals surface area contributed by atoms with E-state index in [0.29, 0.717) is 6.04 Å². The Kier molecular flexibility index (Phi) is 3.35. The van der Waals surface area contributed by atoms with Crippen LogP contribution in [0.5, 0.6) is 0 Å². The van der Waals surface area contributed by atoms with Gasteiger partial charge >= 0.3 is 6.03 Å². The number of rotatable bonds is 2. The largest absolute Gasteiger partial charge is 0.443 e. The molecule has 100 valence electrons. The lowest BCUT2D eigenvalue weighted by Gasteiger charge is -2.22. The lowest BCUT2D eigenvalue weighted by Crippen LogP contribution is -2.38. The highest BCUT2D eigenvalue weighted by Gasteiger charge is 2.15. The zero-order valence-corrected chi connectivity index (χ0v) is 10.7. The first-order valence-electron chi connectivity index (χ1n) is 6.72. The molecule has 19 heavy (non-hydrogen) atoms. The maximum absolute atomic E-state index is 11.9. The molecule has 2 amide bonds. The van der Waals surface area contributed by atoms with Gasteiger partial charge in [-0.2, -0.15) is 0 Å². The summed E-state index contributed by atoms with van der Waals surface area (Å²) in [4.78, 5) is 16.0. The lowest BCUT2D eigenvalue weighted by molar-refractivity contribution is 0.244. The molecule has 0 radical (unpaired) electrons. The number of nitrogens with zero attached hydrogens (tertiary/aromatic N) is 1. The van der Waals surface area contributed by atoms with Gasteiger partial charge in [0.25, 0.3) is 0 Å². The molecule has 1 saturated carbocycles. The summed E-state index contributed by atoms with van der Waals surface area (Å²) in [5.41, 5.74) is 2.20. The number of nitrogens with one attached hydrogen (secondary N) is 2. The van der Waals surface area contributed by atoms with E-state index < -0.39 is 0 Å². The van der Waals surface area contributed by atoms with Crippen LogP contribution < -0.4 is 10.6 Å². The van der Waals surface area contributed by atoms with Gasteiger partial charge < -0.3 is 15.1 Å². The van der Waals surface area contributed by atoms with Gasteiger partial charge in [0.2, 0.25) is 0 Å². The van der Waals surface area contributed by atoms with Crippen molar-refractivity contribution in [1.29, 1.82) is 0 Å². The first kappa shape index (κ1) is 12.0. The number of aromatic nitrogens is 1. The minimum absolute atomic E-state index is 0.144. The second kappa shape index (κ2) is 5.30. The molecule has 5 heteroatoms. The van der Waals surface area contributed by atoms with Crippen LogP contribution in [-0.4, -0.2) is 17.1 Å². The van der Waals surface area contributed by atoms with Crippen molar-refractivity contribution < 1.29 is 9.21 Å². The van der Waals surface area contributed by atoms with Crippen molar-refractivity contribution in [2.24, 2.45) is 0 Å². The van der Waals surface area contributed by atoms with Gasteiger partial charge in [-0.05, 0) is 31.0 Å². The predicted molar refractivity (Wildman–Crippen MR) is 73.0 cm³/mol. The van der Waals surface area contributed by atoms with Crippen LogP contribution in [0.25, 0.3) is 11.1 Å². The first-order valence-corrected chi connectivity index (χ1v) is 6.72. The van der Waals surface area contributed by atoms with Gasteiger partial charge in [0.15, 0.2) is 12.0 Å². The summed E-state index contributed by atoms with van der Waals surface area (Å²) in [7, 11) is 0. The molecular formula is C14H17N3O2. The number of hydrogen-bond donors (Lipinski definition) is 2. The topological polar surface area (TPSA) is 67.2 Å². The van der Waals surface area contributed by atoms with E-state index in [2.05, 4.69) is 15.6 Å². The summed E-state index contributed by atoms with van der Waals surface area (Å²) >= 11 is 0. The Labute approximate surface area is 111 Å². The molecule has 0 aliphatic heterocycles. The Morgan fingerprint density at radius 2 is 2.11 bits per heavy atom. The number of carbonyl (C=O) groups excluding carboxylic acids is 1. The van der Waals surface area contributed by atoms with E-state index in [4.69, 9.17) is 4.42 Å². The number of amides is 2. The van der Waals surface area contributed by atoms with E-state index >= 15 is 0 Å². The third-order valence-electron chi connectivity index (χ3n) is 3.53. The van der Waals surface area contributed by atoms with Crippen molar-refractivity contribution in [2.45, 2.75) is 38.1 Å². The fourth-order valence-electron chi connectivity index (χ4n) is 2.54. The summed E-state index contributed by atoms with van der Waals surface area (Å²) < 4.78 is 5.16. The molecule has 0 saturated heterocycles. The van der Waals surface area contributed by atoms with Crippen molar-refractivity contribution >= 4 is 22.8 Å². The Morgan fingerprint density at radius 3 is 2.95 bits per heavy atom. The second-order valence-electron chi connectivity index (χ2n) is 4.97. The first-order chi connectivity index (χ1) is 9.31. The Bertz CT molecular complexity index is 573. The van der Waals surface area contributed by atoms with E-state index in [1.807, 2.05) is 6.07 Å². The number of benzene rings is 1. The Hall–Kier alpha value is -2.04. The number of urea groups is 1. The average molecular weight is 259 g/mol. The van der Waals surface area contributed by atoms with E-state index in [-0.39, 0.29) is 6.03 Å². The molecular weight excluding hydrogens is 242 g/mol. The van der Waals surface area contributed by atoms with E-state index in [9.17, 15) is 4.79 Å². The fourth-order valence-corrected chi connectivity index (χ4v) is 2.54. The van der Waals surface area contributed by atoms with Crippen LogP contribution in [-0.2, 0) is 0 Å². The minimum Gasteiger partial charge on any atom is -0.443 e. The van der Waals surface area contributed by atoms with Crippen molar-refractivity contribution in [3.63, 3.8) is 0 Å². The minimum atomic E-state index is -0.144. The molecule has 5 nitrogen and oxygen atoms in total.